The highest BCUT2D eigenvalue weighted by Gasteiger charge is 1.88. The van der Waals surface area contributed by atoms with Gasteiger partial charge in [-0.05, 0) is 11.6 Å². The van der Waals surface area contributed by atoms with Crippen LogP contribution in [0.2, 0.25) is 0 Å². The molecule has 0 aromatic heterocycles. The van der Waals surface area contributed by atoms with Gasteiger partial charge in [-0.1, -0.05) is 18.2 Å². The molecule has 10 heavy (non-hydrogen) atoms. The fourth-order valence-corrected chi connectivity index (χ4v) is 0.722. The van der Waals surface area contributed by atoms with Crippen LogP contribution in [-0.2, 0) is 0 Å². The number of aldehydes is 1. The summed E-state index contributed by atoms with van der Waals surface area (Å²) >= 11 is 0. The van der Waals surface area contributed by atoms with Gasteiger partial charge in [-0.25, -0.2) is 0 Å². The van der Waals surface area contributed by atoms with Gasteiger partial charge in [0.15, 0.2) is 0 Å². The molecule has 0 radical (unpaired) electrons. The van der Waals surface area contributed by atoms with E-state index in [1.165, 1.54) is 6.21 Å². The van der Waals surface area contributed by atoms with E-state index in [0.717, 1.165) is 11.8 Å². The molecular formula is C8H7NO. The molecule has 0 fully saturated rings. The van der Waals surface area contributed by atoms with Crippen molar-refractivity contribution in [2.75, 3.05) is 0 Å². The van der Waals surface area contributed by atoms with Crippen molar-refractivity contribution < 1.29 is 4.79 Å². The maximum Gasteiger partial charge on any atom is 0.150 e. The first-order chi connectivity index (χ1) is 4.86. The Morgan fingerprint density at radius 1 is 1.30 bits per heavy atom. The third-order valence-electron chi connectivity index (χ3n) is 1.21. The number of carbonyl (C=O) groups excluding carboxylic acids is 1. The van der Waals surface area contributed by atoms with E-state index in [-0.39, 0.29) is 0 Å². The van der Waals surface area contributed by atoms with Crippen LogP contribution in [0.5, 0.6) is 0 Å². The first-order valence-electron chi connectivity index (χ1n) is 2.92. The van der Waals surface area contributed by atoms with E-state index >= 15 is 0 Å². The molecule has 0 amide bonds. The van der Waals surface area contributed by atoms with Crippen molar-refractivity contribution in [1.82, 2.24) is 0 Å². The van der Waals surface area contributed by atoms with Crippen LogP contribution in [0.15, 0.2) is 24.3 Å². The van der Waals surface area contributed by atoms with E-state index in [1.807, 2.05) is 0 Å². The van der Waals surface area contributed by atoms with Gasteiger partial charge in [0.05, 0.1) is 0 Å². The lowest BCUT2D eigenvalue weighted by molar-refractivity contribution is 0.112. The molecule has 0 saturated heterocycles. The summed E-state index contributed by atoms with van der Waals surface area (Å²) in [7, 11) is 0. The number of hydrogen-bond donors (Lipinski definition) is 1. The first-order valence-corrected chi connectivity index (χ1v) is 2.92. The lowest BCUT2D eigenvalue weighted by atomic mass is 10.1. The summed E-state index contributed by atoms with van der Waals surface area (Å²) in [6.45, 7) is 0. The van der Waals surface area contributed by atoms with E-state index < -0.39 is 0 Å². The van der Waals surface area contributed by atoms with Crippen LogP contribution in [0.25, 0.3) is 0 Å². The molecule has 0 bridgehead atoms. The molecule has 1 rings (SSSR count). The minimum Gasteiger partial charge on any atom is -0.308 e. The van der Waals surface area contributed by atoms with Crippen molar-refractivity contribution in [2.24, 2.45) is 0 Å². The molecule has 1 N–H and O–H groups in total. The van der Waals surface area contributed by atoms with Gasteiger partial charge in [0.2, 0.25) is 0 Å². The van der Waals surface area contributed by atoms with Crippen LogP contribution in [0.1, 0.15) is 15.9 Å². The molecule has 1 aromatic rings. The molecule has 0 aliphatic heterocycles. The number of benzene rings is 1. The Morgan fingerprint density at radius 3 is 2.60 bits per heavy atom. The quantitative estimate of drug-likeness (QED) is 0.482. The third kappa shape index (κ3) is 1.29. The van der Waals surface area contributed by atoms with E-state index in [0.29, 0.717) is 5.56 Å². The zero-order valence-electron chi connectivity index (χ0n) is 5.37. The zero-order valence-corrected chi connectivity index (χ0v) is 5.37. The van der Waals surface area contributed by atoms with Gasteiger partial charge in [0.25, 0.3) is 0 Å². The molecule has 0 spiro atoms. The van der Waals surface area contributed by atoms with E-state index in [9.17, 15) is 4.79 Å². The molecule has 50 valence electrons. The number of rotatable bonds is 2. The van der Waals surface area contributed by atoms with Gasteiger partial charge in [-0.3, -0.25) is 4.79 Å². The van der Waals surface area contributed by atoms with Gasteiger partial charge in [-0.2, -0.15) is 0 Å². The van der Waals surface area contributed by atoms with Gasteiger partial charge in [-0.15, -0.1) is 0 Å². The fraction of sp³-hybridized carbons (Fsp3) is 0. The summed E-state index contributed by atoms with van der Waals surface area (Å²) in [6, 6.07) is 6.91. The highest BCUT2D eigenvalue weighted by Crippen LogP contribution is 1.99. The predicted octanol–water partition coefficient (Wildman–Crippen LogP) is 1.50. The molecule has 0 heterocycles. The summed E-state index contributed by atoms with van der Waals surface area (Å²) < 4.78 is 0. The highest BCUT2D eigenvalue weighted by molar-refractivity contribution is 5.82. The van der Waals surface area contributed by atoms with Gasteiger partial charge in [0, 0.05) is 11.8 Å². The molecule has 0 unspecified atom stereocenters. The summed E-state index contributed by atoms with van der Waals surface area (Å²) in [5.74, 6) is 0. The van der Waals surface area contributed by atoms with Crippen molar-refractivity contribution in [1.29, 1.82) is 5.41 Å². The molecule has 0 saturated carbocycles. The first kappa shape index (κ1) is 6.68. The van der Waals surface area contributed by atoms with Gasteiger partial charge >= 0.3 is 0 Å². The van der Waals surface area contributed by atoms with Crippen LogP contribution < -0.4 is 0 Å². The van der Waals surface area contributed by atoms with Crippen LogP contribution in [0.3, 0.4) is 0 Å². The maximum absolute atomic E-state index is 10.2. The Bertz CT molecular complexity index is 232. The SMILES string of the molecule is N=Cc1cccc(C=O)c1. The van der Waals surface area contributed by atoms with Gasteiger partial charge in [0.1, 0.15) is 6.29 Å². The average molecular weight is 133 g/mol. The van der Waals surface area contributed by atoms with Crippen molar-refractivity contribution in [3.63, 3.8) is 0 Å². The van der Waals surface area contributed by atoms with Crippen molar-refractivity contribution in [3.05, 3.63) is 35.4 Å². The number of hydrogen-bond acceptors (Lipinski definition) is 2. The summed E-state index contributed by atoms with van der Waals surface area (Å²) in [5, 5.41) is 6.87. The van der Waals surface area contributed by atoms with Crippen LogP contribution in [0.4, 0.5) is 0 Å². The Hall–Kier alpha value is -1.44. The van der Waals surface area contributed by atoms with Crippen molar-refractivity contribution >= 4 is 12.5 Å². The second-order valence-electron chi connectivity index (χ2n) is 1.93. The minimum atomic E-state index is 0.612. The fourth-order valence-electron chi connectivity index (χ4n) is 0.722. The summed E-state index contributed by atoms with van der Waals surface area (Å²) in [5.41, 5.74) is 1.37. The lowest BCUT2D eigenvalue weighted by Crippen LogP contribution is -1.82. The second-order valence-corrected chi connectivity index (χ2v) is 1.93. The second kappa shape index (κ2) is 2.92. The van der Waals surface area contributed by atoms with Crippen molar-refractivity contribution in [3.8, 4) is 0 Å². The minimum absolute atomic E-state index is 0.612. The molecule has 0 aliphatic carbocycles. The van der Waals surface area contributed by atoms with Crippen LogP contribution >= 0.6 is 0 Å². The third-order valence-corrected chi connectivity index (χ3v) is 1.21. The van der Waals surface area contributed by atoms with Crippen LogP contribution in [-0.4, -0.2) is 12.5 Å². The monoisotopic (exact) mass is 133 g/mol. The molecule has 0 atom stereocenters. The Kier molecular flexibility index (Phi) is 1.95. The normalized spacial score (nSPS) is 8.80. The molecule has 2 nitrogen and oxygen atoms in total. The van der Waals surface area contributed by atoms with E-state index in [4.69, 9.17) is 5.41 Å². The smallest absolute Gasteiger partial charge is 0.150 e. The lowest BCUT2D eigenvalue weighted by Gasteiger charge is -1.90. The van der Waals surface area contributed by atoms with Crippen molar-refractivity contribution in [2.45, 2.75) is 0 Å². The summed E-state index contributed by atoms with van der Waals surface area (Å²) in [4.78, 5) is 10.2. The molecular weight excluding hydrogens is 126 g/mol. The Balaban J connectivity index is 3.09. The average Bonchev–Trinajstić information content (AvgIpc) is 2.05. The van der Waals surface area contributed by atoms with E-state index in [1.54, 1.807) is 24.3 Å². The van der Waals surface area contributed by atoms with Crippen LogP contribution in [0, 0.1) is 5.41 Å². The van der Waals surface area contributed by atoms with Gasteiger partial charge < -0.3 is 5.41 Å². The number of nitrogens with one attached hydrogen (secondary N) is 1. The Labute approximate surface area is 59.0 Å². The highest BCUT2D eigenvalue weighted by atomic mass is 16.1. The zero-order chi connectivity index (χ0) is 7.40. The Morgan fingerprint density at radius 2 is 2.00 bits per heavy atom. The topological polar surface area (TPSA) is 40.9 Å². The standard InChI is InChI=1S/C8H7NO/c9-5-7-2-1-3-8(4-7)6-10/h1-6,9H. The predicted molar refractivity (Wildman–Crippen MR) is 39.7 cm³/mol. The number of carbonyl (C=O) groups is 1. The van der Waals surface area contributed by atoms with E-state index in [2.05, 4.69) is 0 Å². The molecule has 0 aliphatic rings. The molecule has 2 heteroatoms. The maximum atomic E-state index is 10.2. The molecule has 1 aromatic carbocycles. The largest absolute Gasteiger partial charge is 0.308 e. The summed E-state index contributed by atoms with van der Waals surface area (Å²) in [6.07, 6.45) is 1.99.